The Hall–Kier alpha value is -0.995. The van der Waals surface area contributed by atoms with Gasteiger partial charge in [0.2, 0.25) is 0 Å². The molecule has 0 aliphatic heterocycles. The predicted molar refractivity (Wildman–Crippen MR) is 92.8 cm³/mol. The van der Waals surface area contributed by atoms with Gasteiger partial charge in [0.15, 0.2) is 0 Å². The minimum Gasteiger partial charge on any atom is -0.512 e. The zero-order chi connectivity index (χ0) is 16.0. The lowest BCUT2D eigenvalue weighted by Gasteiger charge is -2.10. The van der Waals surface area contributed by atoms with Gasteiger partial charge in [0, 0.05) is 0 Å². The van der Waals surface area contributed by atoms with Crippen LogP contribution < -0.4 is 4.65 Å². The monoisotopic (exact) mass is 306 g/mol. The van der Waals surface area contributed by atoms with Gasteiger partial charge >= 0.3 is 7.32 Å². The summed E-state index contributed by atoms with van der Waals surface area (Å²) in [5.74, 6) is 0.577. The molecule has 0 heterocycles. The van der Waals surface area contributed by atoms with Gasteiger partial charge in [0.05, 0.1) is 0 Å². The number of hydrogen-bond acceptors (Lipinski definition) is 3. The number of hydrogen-bond donors (Lipinski definition) is 2. The van der Waals surface area contributed by atoms with Crippen molar-refractivity contribution in [2.24, 2.45) is 0 Å². The molecule has 0 radical (unpaired) electrons. The van der Waals surface area contributed by atoms with Gasteiger partial charge in [0.25, 0.3) is 0 Å². The zero-order valence-electron chi connectivity index (χ0n) is 14.0. The Labute approximate surface area is 135 Å². The first-order valence-corrected chi connectivity index (χ1v) is 8.84. The lowest BCUT2D eigenvalue weighted by molar-refractivity contribution is 0.287. The second-order valence-corrected chi connectivity index (χ2v) is 5.98. The van der Waals surface area contributed by atoms with Crippen LogP contribution in [0.15, 0.2) is 24.3 Å². The van der Waals surface area contributed by atoms with Gasteiger partial charge in [-0.15, -0.1) is 0 Å². The van der Waals surface area contributed by atoms with E-state index in [1.807, 2.05) is 18.2 Å². The summed E-state index contributed by atoms with van der Waals surface area (Å²) in [5.41, 5.74) is 1.05. The molecule has 0 amide bonds. The Bertz CT molecular complexity index is 382. The third-order valence-electron chi connectivity index (χ3n) is 4.00. The maximum Gasteiger partial charge on any atom is 0.707 e. The Kier molecular flexibility index (Phi) is 10.9. The molecule has 0 aliphatic rings. The molecule has 22 heavy (non-hydrogen) atoms. The van der Waals surface area contributed by atoms with Gasteiger partial charge in [-0.2, -0.15) is 0 Å². The fourth-order valence-corrected chi connectivity index (χ4v) is 2.74. The summed E-state index contributed by atoms with van der Waals surface area (Å²) in [5, 5.41) is 17.8. The van der Waals surface area contributed by atoms with Crippen molar-refractivity contribution >= 4 is 7.32 Å². The van der Waals surface area contributed by atoms with E-state index in [0.717, 1.165) is 18.4 Å². The van der Waals surface area contributed by atoms with Crippen LogP contribution in [0.25, 0.3) is 0 Å². The van der Waals surface area contributed by atoms with E-state index in [4.69, 9.17) is 14.7 Å². The molecule has 1 rings (SSSR count). The van der Waals surface area contributed by atoms with Gasteiger partial charge < -0.3 is 14.7 Å². The second kappa shape index (κ2) is 12.5. The minimum atomic E-state index is -1.74. The van der Waals surface area contributed by atoms with Crippen molar-refractivity contribution < 1.29 is 14.7 Å². The molecular formula is C18H31BO3. The molecule has 1 aromatic rings. The molecule has 3 nitrogen and oxygen atoms in total. The van der Waals surface area contributed by atoms with Crippen LogP contribution in [-0.4, -0.2) is 17.4 Å². The molecule has 124 valence electrons. The van der Waals surface area contributed by atoms with Crippen molar-refractivity contribution in [3.8, 4) is 5.75 Å². The summed E-state index contributed by atoms with van der Waals surface area (Å²) >= 11 is 0. The minimum absolute atomic E-state index is 0.577. The summed E-state index contributed by atoms with van der Waals surface area (Å²) < 4.78 is 5.00. The second-order valence-electron chi connectivity index (χ2n) is 5.98. The number of unbranched alkanes of at least 4 members (excludes halogenated alkanes) is 9. The summed E-state index contributed by atoms with van der Waals surface area (Å²) in [6.45, 7) is 2.25. The number of rotatable bonds is 13. The van der Waals surface area contributed by atoms with Gasteiger partial charge in [-0.1, -0.05) is 82.9 Å². The summed E-state index contributed by atoms with van der Waals surface area (Å²) in [7, 11) is -1.74. The van der Waals surface area contributed by atoms with Crippen molar-refractivity contribution in [3.05, 3.63) is 29.8 Å². The average molecular weight is 306 g/mol. The van der Waals surface area contributed by atoms with Gasteiger partial charge in [-0.05, 0) is 24.5 Å². The van der Waals surface area contributed by atoms with Crippen LogP contribution in [0.1, 0.15) is 76.7 Å². The summed E-state index contributed by atoms with van der Waals surface area (Å²) in [6.07, 6.45) is 14.1. The van der Waals surface area contributed by atoms with Crippen LogP contribution in [0.3, 0.4) is 0 Å². The third kappa shape index (κ3) is 9.11. The number of benzene rings is 1. The van der Waals surface area contributed by atoms with Crippen molar-refractivity contribution in [1.82, 2.24) is 0 Å². The summed E-state index contributed by atoms with van der Waals surface area (Å²) in [6, 6.07) is 7.58. The zero-order valence-corrected chi connectivity index (χ0v) is 14.0. The van der Waals surface area contributed by atoms with E-state index in [1.165, 1.54) is 57.8 Å². The topological polar surface area (TPSA) is 49.7 Å². The third-order valence-corrected chi connectivity index (χ3v) is 4.00. The van der Waals surface area contributed by atoms with Crippen molar-refractivity contribution in [2.45, 2.75) is 77.6 Å². The number of para-hydroxylation sites is 1. The van der Waals surface area contributed by atoms with E-state index in [1.54, 1.807) is 6.07 Å². The van der Waals surface area contributed by atoms with Gasteiger partial charge in [-0.25, -0.2) is 0 Å². The lowest BCUT2D eigenvalue weighted by Crippen LogP contribution is -2.21. The van der Waals surface area contributed by atoms with E-state index >= 15 is 0 Å². The maximum atomic E-state index is 8.91. The lowest BCUT2D eigenvalue weighted by atomic mass is 10.0. The first-order valence-electron chi connectivity index (χ1n) is 8.84. The summed E-state index contributed by atoms with van der Waals surface area (Å²) in [4.78, 5) is 0. The highest BCUT2D eigenvalue weighted by molar-refractivity contribution is 6.33. The molecule has 0 saturated heterocycles. The van der Waals surface area contributed by atoms with E-state index in [-0.39, 0.29) is 0 Å². The largest absolute Gasteiger partial charge is 0.707 e. The SMILES string of the molecule is CCCCCCCCCCCCc1ccccc1OB(O)O. The molecule has 1 aromatic carbocycles. The van der Waals surface area contributed by atoms with E-state index < -0.39 is 7.32 Å². The first kappa shape index (κ1) is 19.1. The fourth-order valence-electron chi connectivity index (χ4n) is 2.74. The fraction of sp³-hybridized carbons (Fsp3) is 0.667. The molecule has 0 atom stereocenters. The van der Waals surface area contributed by atoms with Crippen LogP contribution in [0.4, 0.5) is 0 Å². The van der Waals surface area contributed by atoms with Crippen LogP contribution in [-0.2, 0) is 6.42 Å². The van der Waals surface area contributed by atoms with E-state index in [9.17, 15) is 0 Å². The van der Waals surface area contributed by atoms with Crippen LogP contribution >= 0.6 is 0 Å². The van der Waals surface area contributed by atoms with Crippen LogP contribution in [0, 0.1) is 0 Å². The van der Waals surface area contributed by atoms with Gasteiger partial charge in [-0.3, -0.25) is 0 Å². The average Bonchev–Trinajstić information content (AvgIpc) is 2.50. The van der Waals surface area contributed by atoms with Gasteiger partial charge in [0.1, 0.15) is 5.75 Å². The van der Waals surface area contributed by atoms with Crippen molar-refractivity contribution in [2.75, 3.05) is 0 Å². The number of aryl methyl sites for hydroxylation is 1. The Morgan fingerprint density at radius 1 is 0.818 bits per heavy atom. The molecule has 0 unspecified atom stereocenters. The standard InChI is InChI=1S/C18H31BO3/c1-2-3-4-5-6-7-8-9-10-11-14-17-15-12-13-16-18(17)22-19(20)21/h12-13,15-16,20-21H,2-11,14H2,1H3. The maximum absolute atomic E-state index is 8.91. The molecular weight excluding hydrogens is 275 g/mol. The van der Waals surface area contributed by atoms with Crippen LogP contribution in [0.5, 0.6) is 5.75 Å². The highest BCUT2D eigenvalue weighted by Crippen LogP contribution is 2.21. The molecule has 2 N–H and O–H groups in total. The van der Waals surface area contributed by atoms with E-state index in [2.05, 4.69) is 6.92 Å². The smallest absolute Gasteiger partial charge is 0.512 e. The molecule has 0 aromatic heterocycles. The molecule has 4 heteroatoms. The highest BCUT2D eigenvalue weighted by atomic mass is 16.6. The normalized spacial score (nSPS) is 10.7. The molecule has 0 saturated carbocycles. The van der Waals surface area contributed by atoms with E-state index in [0.29, 0.717) is 5.75 Å². The van der Waals surface area contributed by atoms with Crippen molar-refractivity contribution in [3.63, 3.8) is 0 Å². The van der Waals surface area contributed by atoms with Crippen molar-refractivity contribution in [1.29, 1.82) is 0 Å². The Balaban J connectivity index is 2.07. The Morgan fingerprint density at radius 2 is 1.36 bits per heavy atom. The molecule has 0 fully saturated rings. The first-order chi connectivity index (χ1) is 10.7. The quantitative estimate of drug-likeness (QED) is 0.417. The Morgan fingerprint density at radius 3 is 1.95 bits per heavy atom. The predicted octanol–water partition coefficient (Wildman–Crippen LogP) is 4.50. The van der Waals surface area contributed by atoms with Crippen LogP contribution in [0.2, 0.25) is 0 Å². The highest BCUT2D eigenvalue weighted by Gasteiger charge is 2.13. The molecule has 0 spiro atoms. The molecule has 0 aliphatic carbocycles. The molecule has 0 bridgehead atoms.